The second-order valence-electron chi connectivity index (χ2n) is 5.56. The maximum atomic E-state index is 13.6. The summed E-state index contributed by atoms with van der Waals surface area (Å²) in [6.07, 6.45) is 5.24. The van der Waals surface area contributed by atoms with Crippen molar-refractivity contribution in [2.75, 3.05) is 18.0 Å². The minimum atomic E-state index is -0.526. The standard InChI is InChI=1S/C17H19FN4O/c18-15-7-3-2-6-14(15)16(23)20-12-13-8-9-19-17(21-13)22-10-4-1-5-11-22/h2-3,6-9H,1,4-5,10-12H2,(H,20,23). The molecule has 120 valence electrons. The molecule has 5 nitrogen and oxygen atoms in total. The number of halogens is 1. The number of amides is 1. The molecule has 0 aliphatic carbocycles. The first-order valence-electron chi connectivity index (χ1n) is 7.83. The lowest BCUT2D eigenvalue weighted by atomic mass is 10.1. The van der Waals surface area contributed by atoms with Crippen molar-refractivity contribution in [1.82, 2.24) is 15.3 Å². The lowest BCUT2D eigenvalue weighted by molar-refractivity contribution is 0.0946. The zero-order chi connectivity index (χ0) is 16.1. The highest BCUT2D eigenvalue weighted by Gasteiger charge is 2.14. The van der Waals surface area contributed by atoms with Crippen molar-refractivity contribution in [1.29, 1.82) is 0 Å². The van der Waals surface area contributed by atoms with Crippen LogP contribution in [0.3, 0.4) is 0 Å². The molecule has 1 amide bonds. The third-order valence-electron chi connectivity index (χ3n) is 3.89. The summed E-state index contributed by atoms with van der Waals surface area (Å²) in [5.41, 5.74) is 0.753. The Kier molecular flexibility index (Phi) is 4.80. The normalized spacial score (nSPS) is 14.6. The number of piperidine rings is 1. The van der Waals surface area contributed by atoms with Gasteiger partial charge in [-0.25, -0.2) is 14.4 Å². The van der Waals surface area contributed by atoms with Crippen molar-refractivity contribution >= 4 is 11.9 Å². The first kappa shape index (κ1) is 15.4. The van der Waals surface area contributed by atoms with Crippen LogP contribution in [-0.4, -0.2) is 29.0 Å². The molecular formula is C17H19FN4O. The molecule has 23 heavy (non-hydrogen) atoms. The van der Waals surface area contributed by atoms with Gasteiger partial charge in [0.25, 0.3) is 5.91 Å². The van der Waals surface area contributed by atoms with Crippen LogP contribution in [0.1, 0.15) is 35.3 Å². The van der Waals surface area contributed by atoms with Gasteiger partial charge >= 0.3 is 0 Å². The zero-order valence-electron chi connectivity index (χ0n) is 12.8. The van der Waals surface area contributed by atoms with Crippen LogP contribution in [0.4, 0.5) is 10.3 Å². The Labute approximate surface area is 134 Å². The quantitative estimate of drug-likeness (QED) is 0.942. The Balaban J connectivity index is 1.64. The molecule has 2 aromatic rings. The number of hydrogen-bond donors (Lipinski definition) is 1. The number of anilines is 1. The zero-order valence-corrected chi connectivity index (χ0v) is 12.8. The van der Waals surface area contributed by atoms with Gasteiger partial charge in [-0.15, -0.1) is 0 Å². The number of nitrogens with zero attached hydrogens (tertiary/aromatic N) is 3. The lowest BCUT2D eigenvalue weighted by Gasteiger charge is -2.26. The second-order valence-corrected chi connectivity index (χ2v) is 5.56. The number of rotatable bonds is 4. The molecule has 0 atom stereocenters. The Morgan fingerprint density at radius 2 is 1.96 bits per heavy atom. The van der Waals surface area contributed by atoms with Gasteiger partial charge in [0.05, 0.1) is 17.8 Å². The fraction of sp³-hybridized carbons (Fsp3) is 0.353. The molecule has 2 heterocycles. The minimum Gasteiger partial charge on any atom is -0.346 e. The molecule has 1 saturated heterocycles. The Bertz CT molecular complexity index is 686. The van der Waals surface area contributed by atoms with Crippen LogP contribution >= 0.6 is 0 Å². The molecule has 0 spiro atoms. The summed E-state index contributed by atoms with van der Waals surface area (Å²) in [5.74, 6) is -0.273. The predicted octanol–water partition coefficient (Wildman–Crippen LogP) is 2.54. The van der Waals surface area contributed by atoms with Crippen LogP contribution in [0.15, 0.2) is 36.5 Å². The molecule has 3 rings (SSSR count). The van der Waals surface area contributed by atoms with Gasteiger partial charge in [0, 0.05) is 19.3 Å². The molecule has 1 N–H and O–H groups in total. The first-order chi connectivity index (χ1) is 11.2. The minimum absolute atomic E-state index is 0.0396. The van der Waals surface area contributed by atoms with E-state index in [2.05, 4.69) is 20.2 Å². The van der Waals surface area contributed by atoms with Gasteiger partial charge in [-0.2, -0.15) is 0 Å². The Morgan fingerprint density at radius 1 is 1.17 bits per heavy atom. The van der Waals surface area contributed by atoms with E-state index in [1.165, 1.54) is 18.6 Å². The van der Waals surface area contributed by atoms with Crippen LogP contribution in [0.5, 0.6) is 0 Å². The van der Waals surface area contributed by atoms with Crippen molar-refractivity contribution in [3.63, 3.8) is 0 Å². The van der Waals surface area contributed by atoms with E-state index in [9.17, 15) is 9.18 Å². The fourth-order valence-corrected chi connectivity index (χ4v) is 2.64. The van der Waals surface area contributed by atoms with Crippen molar-refractivity contribution < 1.29 is 9.18 Å². The van der Waals surface area contributed by atoms with Crippen molar-refractivity contribution in [2.45, 2.75) is 25.8 Å². The van der Waals surface area contributed by atoms with E-state index < -0.39 is 11.7 Å². The van der Waals surface area contributed by atoms with Gasteiger partial charge in [-0.05, 0) is 37.5 Å². The van der Waals surface area contributed by atoms with Crippen molar-refractivity contribution in [3.05, 3.63) is 53.6 Å². The average molecular weight is 314 g/mol. The molecule has 1 aromatic heterocycles. The average Bonchev–Trinajstić information content (AvgIpc) is 2.61. The molecule has 6 heteroatoms. The molecule has 1 fully saturated rings. The second kappa shape index (κ2) is 7.17. The monoisotopic (exact) mass is 314 g/mol. The summed E-state index contributed by atoms with van der Waals surface area (Å²) in [7, 11) is 0. The van der Waals surface area contributed by atoms with Gasteiger partial charge in [-0.3, -0.25) is 4.79 Å². The van der Waals surface area contributed by atoms with Gasteiger partial charge in [0.15, 0.2) is 0 Å². The number of nitrogens with one attached hydrogen (secondary N) is 1. The highest BCUT2D eigenvalue weighted by Crippen LogP contribution is 2.15. The summed E-state index contributed by atoms with van der Waals surface area (Å²) >= 11 is 0. The van der Waals surface area contributed by atoms with Crippen LogP contribution in [-0.2, 0) is 6.54 Å². The summed E-state index contributed by atoms with van der Waals surface area (Å²) < 4.78 is 13.6. The SMILES string of the molecule is O=C(NCc1ccnc(N2CCCCC2)n1)c1ccccc1F. The molecule has 1 aliphatic heterocycles. The molecule has 0 saturated carbocycles. The maximum absolute atomic E-state index is 13.6. The van der Waals surface area contributed by atoms with E-state index in [1.54, 1.807) is 24.4 Å². The van der Waals surface area contributed by atoms with Crippen molar-refractivity contribution in [2.24, 2.45) is 0 Å². The van der Waals surface area contributed by atoms with E-state index in [0.717, 1.165) is 25.9 Å². The topological polar surface area (TPSA) is 58.1 Å². The number of aromatic nitrogens is 2. The predicted molar refractivity (Wildman–Crippen MR) is 85.7 cm³/mol. The Morgan fingerprint density at radius 3 is 2.74 bits per heavy atom. The molecule has 1 aromatic carbocycles. The molecular weight excluding hydrogens is 295 g/mol. The van der Waals surface area contributed by atoms with Crippen molar-refractivity contribution in [3.8, 4) is 0 Å². The van der Waals surface area contributed by atoms with Gasteiger partial charge in [0.1, 0.15) is 5.82 Å². The molecule has 0 radical (unpaired) electrons. The van der Waals surface area contributed by atoms with Gasteiger partial charge in [0.2, 0.25) is 5.95 Å². The van der Waals surface area contributed by atoms with Gasteiger partial charge in [-0.1, -0.05) is 12.1 Å². The smallest absolute Gasteiger partial charge is 0.254 e. The van der Waals surface area contributed by atoms with Crippen LogP contribution in [0.2, 0.25) is 0 Å². The Hall–Kier alpha value is -2.50. The highest BCUT2D eigenvalue weighted by molar-refractivity contribution is 5.94. The third-order valence-corrected chi connectivity index (χ3v) is 3.89. The molecule has 0 bridgehead atoms. The van der Waals surface area contributed by atoms with E-state index in [-0.39, 0.29) is 12.1 Å². The number of benzene rings is 1. The third kappa shape index (κ3) is 3.83. The first-order valence-corrected chi connectivity index (χ1v) is 7.83. The van der Waals surface area contributed by atoms with Crippen LogP contribution < -0.4 is 10.2 Å². The van der Waals surface area contributed by atoms with Crippen LogP contribution in [0, 0.1) is 5.82 Å². The highest BCUT2D eigenvalue weighted by atomic mass is 19.1. The number of hydrogen-bond acceptors (Lipinski definition) is 4. The van der Waals surface area contributed by atoms with Crippen LogP contribution in [0.25, 0.3) is 0 Å². The summed E-state index contributed by atoms with van der Waals surface area (Å²) in [6.45, 7) is 2.17. The maximum Gasteiger partial charge on any atom is 0.254 e. The van der Waals surface area contributed by atoms with E-state index in [1.807, 2.05) is 0 Å². The van der Waals surface area contributed by atoms with Gasteiger partial charge < -0.3 is 10.2 Å². The summed E-state index contributed by atoms with van der Waals surface area (Å²) in [6, 6.07) is 7.69. The lowest BCUT2D eigenvalue weighted by Crippen LogP contribution is -2.31. The van der Waals surface area contributed by atoms with E-state index in [4.69, 9.17) is 0 Å². The molecule has 1 aliphatic rings. The number of carbonyl (C=O) groups is 1. The molecule has 0 unspecified atom stereocenters. The number of carbonyl (C=O) groups excluding carboxylic acids is 1. The van der Waals surface area contributed by atoms with E-state index in [0.29, 0.717) is 11.6 Å². The summed E-state index contributed by atoms with van der Waals surface area (Å²) in [4.78, 5) is 23.0. The van der Waals surface area contributed by atoms with E-state index >= 15 is 0 Å². The largest absolute Gasteiger partial charge is 0.346 e. The summed E-state index contributed by atoms with van der Waals surface area (Å²) in [5, 5.41) is 2.70. The fourth-order valence-electron chi connectivity index (χ4n) is 2.64.